The summed E-state index contributed by atoms with van der Waals surface area (Å²) in [7, 11) is 0. The van der Waals surface area contributed by atoms with Gasteiger partial charge in [-0.3, -0.25) is 4.90 Å². The number of hydrogen-bond donors (Lipinski definition) is 0. The fraction of sp³-hybridized carbons (Fsp3) is 0.318. The van der Waals surface area contributed by atoms with E-state index >= 15 is 0 Å². The largest absolute Gasteiger partial charge is 0.334 e. The van der Waals surface area contributed by atoms with Gasteiger partial charge < -0.3 is 9.09 Å². The highest BCUT2D eigenvalue weighted by Gasteiger charge is 2.24. The summed E-state index contributed by atoms with van der Waals surface area (Å²) in [5.74, 6) is 2.84. The molecule has 0 unspecified atom stereocenters. The Morgan fingerprint density at radius 3 is 2.72 bits per heavy atom. The van der Waals surface area contributed by atoms with E-state index < -0.39 is 0 Å². The van der Waals surface area contributed by atoms with E-state index in [0.717, 1.165) is 43.9 Å². The molecule has 4 aromatic rings. The zero-order valence-corrected chi connectivity index (χ0v) is 17.0. The van der Waals surface area contributed by atoms with Crippen molar-refractivity contribution in [1.82, 2.24) is 24.6 Å². The minimum Gasteiger partial charge on any atom is -0.334 e. The van der Waals surface area contributed by atoms with Crippen molar-refractivity contribution in [2.75, 3.05) is 13.1 Å². The van der Waals surface area contributed by atoms with E-state index in [0.29, 0.717) is 24.2 Å². The summed E-state index contributed by atoms with van der Waals surface area (Å²) in [5.41, 5.74) is 2.36. The maximum atomic E-state index is 5.45. The standard InChI is InChI=1S/C22H23N5OS/c1-2-4-19(5-3-1)22-24-20(25-28-22)15-27-12-9-23-21(27)18-6-10-26(11-7-18)14-17-8-13-29-16-17/h1-5,8-9,12-13,16,18H,6-7,10-11,14-15H2. The number of imidazole rings is 1. The molecule has 1 aromatic carbocycles. The number of piperidine rings is 1. The van der Waals surface area contributed by atoms with Crippen LogP contribution in [0.15, 0.2) is 64.1 Å². The molecule has 3 aromatic heterocycles. The SMILES string of the molecule is c1ccc(-c2nc(Cn3ccnc3C3CCN(Cc4ccsc4)CC3)no2)cc1. The van der Waals surface area contributed by atoms with Gasteiger partial charge in [0.25, 0.3) is 5.89 Å². The van der Waals surface area contributed by atoms with Crippen molar-refractivity contribution in [2.45, 2.75) is 31.8 Å². The van der Waals surface area contributed by atoms with Crippen LogP contribution in [0.5, 0.6) is 0 Å². The molecule has 1 fully saturated rings. The first kappa shape index (κ1) is 18.3. The number of benzene rings is 1. The Kier molecular flexibility index (Phi) is 5.23. The highest BCUT2D eigenvalue weighted by atomic mass is 32.1. The van der Waals surface area contributed by atoms with Crippen LogP contribution in [0.2, 0.25) is 0 Å². The van der Waals surface area contributed by atoms with Gasteiger partial charge in [-0.05, 0) is 60.5 Å². The van der Waals surface area contributed by atoms with E-state index in [1.54, 1.807) is 11.3 Å². The van der Waals surface area contributed by atoms with Gasteiger partial charge in [-0.2, -0.15) is 16.3 Å². The van der Waals surface area contributed by atoms with Crippen LogP contribution in [0.25, 0.3) is 11.5 Å². The Labute approximate surface area is 173 Å². The summed E-state index contributed by atoms with van der Waals surface area (Å²) < 4.78 is 7.61. The summed E-state index contributed by atoms with van der Waals surface area (Å²) in [6.07, 6.45) is 6.15. The van der Waals surface area contributed by atoms with Gasteiger partial charge in [0, 0.05) is 30.4 Å². The minimum atomic E-state index is 0.476. The molecule has 0 saturated carbocycles. The number of nitrogens with zero attached hydrogens (tertiary/aromatic N) is 5. The minimum absolute atomic E-state index is 0.476. The number of aromatic nitrogens is 4. The lowest BCUT2D eigenvalue weighted by Gasteiger charge is -2.31. The lowest BCUT2D eigenvalue weighted by atomic mass is 9.95. The molecule has 0 bridgehead atoms. The second-order valence-electron chi connectivity index (χ2n) is 7.48. The molecule has 1 aliphatic heterocycles. The molecule has 0 aliphatic carbocycles. The zero-order valence-electron chi connectivity index (χ0n) is 16.1. The van der Waals surface area contributed by atoms with Crippen LogP contribution >= 0.6 is 11.3 Å². The summed E-state index contributed by atoms with van der Waals surface area (Å²) in [4.78, 5) is 11.8. The molecular weight excluding hydrogens is 382 g/mol. The third kappa shape index (κ3) is 4.16. The topological polar surface area (TPSA) is 60.0 Å². The Morgan fingerprint density at radius 2 is 1.93 bits per heavy atom. The Balaban J connectivity index is 1.23. The average Bonchev–Trinajstić information content (AvgIpc) is 3.52. The van der Waals surface area contributed by atoms with Crippen LogP contribution in [-0.4, -0.2) is 37.7 Å². The maximum Gasteiger partial charge on any atom is 0.257 e. The van der Waals surface area contributed by atoms with E-state index in [1.165, 1.54) is 5.56 Å². The van der Waals surface area contributed by atoms with Crippen LogP contribution in [-0.2, 0) is 13.1 Å². The van der Waals surface area contributed by atoms with Gasteiger partial charge in [0.2, 0.25) is 0 Å². The molecule has 0 amide bonds. The van der Waals surface area contributed by atoms with E-state index in [9.17, 15) is 0 Å². The second kappa shape index (κ2) is 8.31. The molecule has 1 aliphatic rings. The van der Waals surface area contributed by atoms with Gasteiger partial charge in [0.05, 0.1) is 6.54 Å². The molecule has 0 radical (unpaired) electrons. The van der Waals surface area contributed by atoms with Crippen LogP contribution in [0, 0.1) is 0 Å². The predicted molar refractivity (Wildman–Crippen MR) is 113 cm³/mol. The van der Waals surface area contributed by atoms with Crippen LogP contribution in [0.3, 0.4) is 0 Å². The second-order valence-corrected chi connectivity index (χ2v) is 8.26. The highest BCUT2D eigenvalue weighted by Crippen LogP contribution is 2.28. The third-order valence-corrected chi connectivity index (χ3v) is 6.22. The van der Waals surface area contributed by atoms with Crippen molar-refractivity contribution in [3.8, 4) is 11.5 Å². The molecule has 4 heterocycles. The average molecular weight is 406 g/mol. The number of thiophene rings is 1. The normalized spacial score (nSPS) is 15.7. The zero-order chi connectivity index (χ0) is 19.5. The fourth-order valence-electron chi connectivity index (χ4n) is 3.97. The van der Waals surface area contributed by atoms with E-state index in [1.807, 2.05) is 42.7 Å². The summed E-state index contributed by atoms with van der Waals surface area (Å²) in [5, 5.41) is 8.56. The van der Waals surface area contributed by atoms with E-state index in [4.69, 9.17) is 4.52 Å². The summed E-state index contributed by atoms with van der Waals surface area (Å²) in [6, 6.07) is 12.1. The first-order valence-corrected chi connectivity index (χ1v) is 10.9. The number of hydrogen-bond acceptors (Lipinski definition) is 6. The van der Waals surface area contributed by atoms with Gasteiger partial charge >= 0.3 is 0 Å². The summed E-state index contributed by atoms with van der Waals surface area (Å²) >= 11 is 1.77. The Bertz CT molecular complexity index is 1030. The molecule has 6 nitrogen and oxygen atoms in total. The molecule has 0 spiro atoms. The lowest BCUT2D eigenvalue weighted by Crippen LogP contribution is -2.33. The highest BCUT2D eigenvalue weighted by molar-refractivity contribution is 7.07. The summed E-state index contributed by atoms with van der Waals surface area (Å²) in [6.45, 7) is 3.85. The monoisotopic (exact) mass is 405 g/mol. The lowest BCUT2D eigenvalue weighted by molar-refractivity contribution is 0.200. The van der Waals surface area contributed by atoms with Crippen molar-refractivity contribution in [2.24, 2.45) is 0 Å². The van der Waals surface area contributed by atoms with E-state index in [2.05, 4.69) is 41.4 Å². The molecule has 0 N–H and O–H groups in total. The molecule has 5 rings (SSSR count). The van der Waals surface area contributed by atoms with E-state index in [-0.39, 0.29) is 0 Å². The molecule has 7 heteroatoms. The van der Waals surface area contributed by atoms with Crippen molar-refractivity contribution >= 4 is 11.3 Å². The van der Waals surface area contributed by atoms with Crippen LogP contribution in [0.4, 0.5) is 0 Å². The third-order valence-electron chi connectivity index (χ3n) is 5.49. The number of likely N-dealkylation sites (tertiary alicyclic amines) is 1. The van der Waals surface area contributed by atoms with Crippen molar-refractivity contribution in [1.29, 1.82) is 0 Å². The van der Waals surface area contributed by atoms with Crippen LogP contribution in [0.1, 0.15) is 36.0 Å². The first-order chi connectivity index (χ1) is 14.3. The molecule has 29 heavy (non-hydrogen) atoms. The molecule has 1 saturated heterocycles. The molecular formula is C22H23N5OS. The quantitative estimate of drug-likeness (QED) is 0.475. The first-order valence-electron chi connectivity index (χ1n) is 9.97. The molecule has 0 atom stereocenters. The van der Waals surface area contributed by atoms with Crippen molar-refractivity contribution in [3.63, 3.8) is 0 Å². The van der Waals surface area contributed by atoms with Crippen molar-refractivity contribution in [3.05, 3.63) is 76.8 Å². The molecule has 148 valence electrons. The predicted octanol–water partition coefficient (Wildman–Crippen LogP) is 4.42. The number of rotatable bonds is 6. The van der Waals surface area contributed by atoms with Crippen molar-refractivity contribution < 1.29 is 4.52 Å². The van der Waals surface area contributed by atoms with Gasteiger partial charge in [0.1, 0.15) is 5.82 Å². The maximum absolute atomic E-state index is 5.45. The smallest absolute Gasteiger partial charge is 0.257 e. The van der Waals surface area contributed by atoms with Crippen LogP contribution < -0.4 is 0 Å². The van der Waals surface area contributed by atoms with Gasteiger partial charge in [-0.1, -0.05) is 23.4 Å². The van der Waals surface area contributed by atoms with Gasteiger partial charge in [-0.15, -0.1) is 0 Å². The fourth-order valence-corrected chi connectivity index (χ4v) is 4.63. The Hall–Kier alpha value is -2.77. The van der Waals surface area contributed by atoms with Gasteiger partial charge in [0.15, 0.2) is 5.82 Å². The van der Waals surface area contributed by atoms with Gasteiger partial charge in [-0.25, -0.2) is 4.98 Å². The Morgan fingerprint density at radius 1 is 1.07 bits per heavy atom.